The average Bonchev–Trinajstić information content (AvgIpc) is 2.09. The maximum absolute atomic E-state index is 5.14. The average molecular weight is 204 g/mol. The summed E-state index contributed by atoms with van der Waals surface area (Å²) >= 11 is 4.31. The quantitative estimate of drug-likeness (QED) is 0.566. The van der Waals surface area contributed by atoms with E-state index in [0.29, 0.717) is 11.8 Å². The molecule has 1 heterocycles. The number of rotatable bonds is 3. The summed E-state index contributed by atoms with van der Waals surface area (Å²) in [5.74, 6) is 2.22. The molecule has 0 aromatic rings. The van der Waals surface area contributed by atoms with Crippen LogP contribution in [-0.2, 0) is 4.74 Å². The van der Waals surface area contributed by atoms with Crippen LogP contribution in [0.25, 0.3) is 0 Å². The van der Waals surface area contributed by atoms with E-state index in [0.717, 1.165) is 38.5 Å². The lowest BCUT2D eigenvalue weighted by atomic mass is 10.1. The van der Waals surface area contributed by atoms with Gasteiger partial charge in [-0.25, -0.2) is 0 Å². The Kier molecular flexibility index (Phi) is 5.78. The van der Waals surface area contributed by atoms with Gasteiger partial charge in [-0.05, 0) is 24.8 Å². The van der Waals surface area contributed by atoms with Gasteiger partial charge in [0.15, 0.2) is 0 Å². The molecule has 0 amide bonds. The van der Waals surface area contributed by atoms with Crippen LogP contribution in [-0.4, -0.2) is 45.6 Å². The third kappa shape index (κ3) is 4.31. The summed E-state index contributed by atoms with van der Waals surface area (Å²) < 4.78 is 5.14. The highest BCUT2D eigenvalue weighted by atomic mass is 32.1. The lowest BCUT2D eigenvalue weighted by molar-refractivity contribution is 0.145. The highest BCUT2D eigenvalue weighted by Crippen LogP contribution is 2.02. The molecular formula is C9H20N2OS. The van der Waals surface area contributed by atoms with Crippen LogP contribution >= 0.6 is 12.6 Å². The number of thiol groups is 1. The van der Waals surface area contributed by atoms with E-state index >= 15 is 0 Å². The summed E-state index contributed by atoms with van der Waals surface area (Å²) in [6.45, 7) is 5.06. The van der Waals surface area contributed by atoms with Gasteiger partial charge >= 0.3 is 0 Å². The lowest BCUT2D eigenvalue weighted by Gasteiger charge is -2.25. The number of nitrogens with one attached hydrogen (secondary N) is 2. The smallest absolute Gasteiger partial charge is 0.0514 e. The number of hydrogen-bond donors (Lipinski definition) is 3. The highest BCUT2D eigenvalue weighted by Gasteiger charge is 2.14. The molecular weight excluding hydrogens is 184 g/mol. The van der Waals surface area contributed by atoms with Gasteiger partial charge in [-0.1, -0.05) is 0 Å². The maximum atomic E-state index is 5.14. The summed E-state index contributed by atoms with van der Waals surface area (Å²) in [6.07, 6.45) is 0. The van der Waals surface area contributed by atoms with Gasteiger partial charge in [0.1, 0.15) is 0 Å². The molecule has 2 N–H and O–H groups in total. The molecule has 3 nitrogen and oxygen atoms in total. The Morgan fingerprint density at radius 3 is 2.15 bits per heavy atom. The van der Waals surface area contributed by atoms with Crippen LogP contribution in [0.5, 0.6) is 0 Å². The standard InChI is InChI=1S/C9H20N2OS/c1-12-6-8-2-10-4-9(7-13)5-11-3-8/h8-11,13H,2-7H2,1H3. The Labute approximate surface area is 86.0 Å². The predicted molar refractivity (Wildman–Crippen MR) is 58.4 cm³/mol. The summed E-state index contributed by atoms with van der Waals surface area (Å²) in [5.41, 5.74) is 0. The second-order valence-electron chi connectivity index (χ2n) is 3.69. The van der Waals surface area contributed by atoms with Crippen molar-refractivity contribution in [2.45, 2.75) is 0 Å². The second-order valence-corrected chi connectivity index (χ2v) is 4.05. The first-order chi connectivity index (χ1) is 6.36. The minimum Gasteiger partial charge on any atom is -0.384 e. The number of hydrogen-bond acceptors (Lipinski definition) is 4. The van der Waals surface area contributed by atoms with Gasteiger partial charge in [0.05, 0.1) is 6.61 Å². The van der Waals surface area contributed by atoms with E-state index in [-0.39, 0.29) is 0 Å². The molecule has 1 fully saturated rings. The van der Waals surface area contributed by atoms with E-state index < -0.39 is 0 Å². The lowest BCUT2D eigenvalue weighted by Crippen LogP contribution is -2.43. The molecule has 0 atom stereocenters. The molecule has 0 aromatic heterocycles. The van der Waals surface area contributed by atoms with Gasteiger partial charge in [-0.3, -0.25) is 0 Å². The fraction of sp³-hybridized carbons (Fsp3) is 1.00. The van der Waals surface area contributed by atoms with E-state index in [4.69, 9.17) is 4.74 Å². The molecule has 0 radical (unpaired) electrons. The second kappa shape index (κ2) is 6.65. The SMILES string of the molecule is COCC1CNCC(CS)CNC1. The zero-order valence-corrected chi connectivity index (χ0v) is 9.15. The van der Waals surface area contributed by atoms with Crippen LogP contribution < -0.4 is 10.6 Å². The minimum atomic E-state index is 0.603. The highest BCUT2D eigenvalue weighted by molar-refractivity contribution is 7.80. The van der Waals surface area contributed by atoms with Gasteiger partial charge in [0, 0.05) is 26.1 Å². The Bertz CT molecular complexity index is 125. The van der Waals surface area contributed by atoms with Gasteiger partial charge in [-0.2, -0.15) is 12.6 Å². The molecule has 1 saturated heterocycles. The molecule has 1 aliphatic rings. The van der Waals surface area contributed by atoms with E-state index in [1.54, 1.807) is 7.11 Å². The molecule has 0 spiro atoms. The summed E-state index contributed by atoms with van der Waals surface area (Å²) in [5, 5.41) is 6.91. The van der Waals surface area contributed by atoms with E-state index in [1.807, 2.05) is 0 Å². The minimum absolute atomic E-state index is 0.603. The third-order valence-electron chi connectivity index (χ3n) is 2.39. The molecule has 13 heavy (non-hydrogen) atoms. The van der Waals surface area contributed by atoms with Crippen LogP contribution in [0, 0.1) is 11.8 Å². The molecule has 4 heteroatoms. The zero-order valence-electron chi connectivity index (χ0n) is 8.25. The van der Waals surface area contributed by atoms with Crippen LogP contribution in [0.2, 0.25) is 0 Å². The van der Waals surface area contributed by atoms with Crippen LogP contribution in [0.3, 0.4) is 0 Å². The predicted octanol–water partition coefficient (Wildman–Crippen LogP) is -0.0122. The van der Waals surface area contributed by atoms with Gasteiger partial charge in [0.25, 0.3) is 0 Å². The molecule has 0 aromatic carbocycles. The van der Waals surface area contributed by atoms with Crippen LogP contribution in [0.15, 0.2) is 0 Å². The maximum Gasteiger partial charge on any atom is 0.0514 e. The van der Waals surface area contributed by atoms with Crippen molar-refractivity contribution < 1.29 is 4.74 Å². The van der Waals surface area contributed by atoms with E-state index in [1.165, 1.54) is 0 Å². The number of ether oxygens (including phenoxy) is 1. The van der Waals surface area contributed by atoms with Crippen molar-refractivity contribution in [3.05, 3.63) is 0 Å². The van der Waals surface area contributed by atoms with E-state index in [9.17, 15) is 0 Å². The largest absolute Gasteiger partial charge is 0.384 e. The Morgan fingerprint density at radius 1 is 1.15 bits per heavy atom. The van der Waals surface area contributed by atoms with Crippen LogP contribution in [0.1, 0.15) is 0 Å². The Balaban J connectivity index is 2.22. The molecule has 0 aliphatic carbocycles. The topological polar surface area (TPSA) is 33.3 Å². The Hall–Kier alpha value is 0.230. The van der Waals surface area contributed by atoms with Crippen molar-refractivity contribution in [1.82, 2.24) is 10.6 Å². The fourth-order valence-electron chi connectivity index (χ4n) is 1.61. The molecule has 0 saturated carbocycles. The zero-order chi connectivity index (χ0) is 9.52. The summed E-state index contributed by atoms with van der Waals surface area (Å²) in [4.78, 5) is 0. The molecule has 1 aliphatic heterocycles. The Morgan fingerprint density at radius 2 is 1.69 bits per heavy atom. The van der Waals surface area contributed by atoms with E-state index in [2.05, 4.69) is 23.3 Å². The molecule has 78 valence electrons. The van der Waals surface area contributed by atoms with Crippen molar-refractivity contribution >= 4 is 12.6 Å². The summed E-state index contributed by atoms with van der Waals surface area (Å²) in [7, 11) is 1.76. The monoisotopic (exact) mass is 204 g/mol. The van der Waals surface area contributed by atoms with Crippen molar-refractivity contribution in [3.63, 3.8) is 0 Å². The third-order valence-corrected chi connectivity index (χ3v) is 2.91. The fourth-order valence-corrected chi connectivity index (χ4v) is 1.87. The van der Waals surface area contributed by atoms with Gasteiger partial charge < -0.3 is 15.4 Å². The molecule has 0 unspecified atom stereocenters. The first-order valence-electron chi connectivity index (χ1n) is 4.88. The van der Waals surface area contributed by atoms with Crippen LogP contribution in [0.4, 0.5) is 0 Å². The molecule has 1 rings (SSSR count). The first kappa shape index (κ1) is 11.3. The first-order valence-corrected chi connectivity index (χ1v) is 5.51. The van der Waals surface area contributed by atoms with Crippen molar-refractivity contribution in [3.8, 4) is 0 Å². The van der Waals surface area contributed by atoms with Gasteiger partial charge in [0.2, 0.25) is 0 Å². The molecule has 0 bridgehead atoms. The summed E-state index contributed by atoms with van der Waals surface area (Å²) in [6, 6.07) is 0. The van der Waals surface area contributed by atoms with Crippen molar-refractivity contribution in [1.29, 1.82) is 0 Å². The van der Waals surface area contributed by atoms with Crippen molar-refractivity contribution in [2.75, 3.05) is 45.6 Å². The van der Waals surface area contributed by atoms with Gasteiger partial charge in [-0.15, -0.1) is 0 Å². The van der Waals surface area contributed by atoms with Crippen molar-refractivity contribution in [2.24, 2.45) is 11.8 Å². The normalized spacial score (nSPS) is 30.9. The number of methoxy groups -OCH3 is 1.